The molecule has 142 valence electrons. The van der Waals surface area contributed by atoms with E-state index in [9.17, 15) is 0 Å². The molecule has 27 heavy (non-hydrogen) atoms. The van der Waals surface area contributed by atoms with E-state index in [1.165, 1.54) is 12.5 Å². The number of hydrogen-bond acceptors (Lipinski definition) is 6. The number of rotatable bonds is 7. The van der Waals surface area contributed by atoms with E-state index in [0.717, 1.165) is 5.56 Å². The minimum absolute atomic E-state index is 0.395. The summed E-state index contributed by atoms with van der Waals surface area (Å²) in [5.74, 6) is 0.483. The average molecular weight is 404 g/mol. The summed E-state index contributed by atoms with van der Waals surface area (Å²) in [6.45, 7) is 5.27. The zero-order valence-corrected chi connectivity index (χ0v) is 16.7. The molecule has 4 N–H and O–H groups in total. The van der Waals surface area contributed by atoms with Gasteiger partial charge in [-0.3, -0.25) is 10.9 Å². The van der Waals surface area contributed by atoms with Crippen molar-refractivity contribution >= 4 is 46.6 Å². The van der Waals surface area contributed by atoms with Crippen LogP contribution >= 0.6 is 24.4 Å². The molecule has 1 aromatic carbocycles. The first-order valence-corrected chi connectivity index (χ1v) is 9.15. The Labute approximate surface area is 168 Å². The Hall–Kier alpha value is -2.85. The van der Waals surface area contributed by atoms with E-state index < -0.39 is 0 Å². The van der Waals surface area contributed by atoms with Gasteiger partial charge in [0.05, 0.1) is 6.21 Å². The largest absolute Gasteiger partial charge is 0.444 e. The summed E-state index contributed by atoms with van der Waals surface area (Å²) in [4.78, 5) is 4.47. The highest BCUT2D eigenvalue weighted by molar-refractivity contribution is 7.80. The number of oxazole rings is 1. The van der Waals surface area contributed by atoms with Crippen LogP contribution in [-0.4, -0.2) is 40.2 Å². The first-order chi connectivity index (χ1) is 13.1. The molecular formula is C17H21N7OS2. The topological polar surface area (TPSA) is 98.9 Å². The summed E-state index contributed by atoms with van der Waals surface area (Å²) >= 11 is 10.2. The van der Waals surface area contributed by atoms with Crippen LogP contribution in [-0.2, 0) is 0 Å². The maximum atomic E-state index is 5.56. The molecule has 1 heterocycles. The third-order valence-electron chi connectivity index (χ3n) is 3.09. The van der Waals surface area contributed by atoms with E-state index >= 15 is 0 Å². The van der Waals surface area contributed by atoms with Crippen LogP contribution < -0.4 is 21.5 Å². The van der Waals surface area contributed by atoms with Crippen LogP contribution in [0, 0.1) is 0 Å². The van der Waals surface area contributed by atoms with Crippen molar-refractivity contribution in [1.82, 2.24) is 26.5 Å². The number of benzene rings is 1. The van der Waals surface area contributed by atoms with Crippen LogP contribution in [0.5, 0.6) is 0 Å². The molecule has 0 saturated heterocycles. The summed E-state index contributed by atoms with van der Waals surface area (Å²) in [5.41, 5.74) is 7.25. The van der Waals surface area contributed by atoms with Crippen LogP contribution in [0.25, 0.3) is 11.5 Å². The fourth-order valence-corrected chi connectivity index (χ4v) is 2.31. The Bertz CT molecular complexity index is 818. The lowest BCUT2D eigenvalue weighted by atomic mass is 10.2. The molecule has 0 saturated carbocycles. The molecule has 0 fully saturated rings. The van der Waals surface area contributed by atoms with E-state index in [0.29, 0.717) is 40.6 Å². The minimum atomic E-state index is 0.395. The number of nitrogens with one attached hydrogen (secondary N) is 4. The molecule has 0 aliphatic carbocycles. The fraction of sp³-hybridized carbons (Fsp3) is 0.235. The second kappa shape index (κ2) is 11.0. The third-order valence-corrected chi connectivity index (χ3v) is 3.56. The van der Waals surface area contributed by atoms with Gasteiger partial charge in [0, 0.05) is 18.7 Å². The van der Waals surface area contributed by atoms with E-state index in [1.54, 1.807) is 0 Å². The predicted octanol–water partition coefficient (Wildman–Crippen LogP) is 2.00. The molecule has 2 aromatic rings. The minimum Gasteiger partial charge on any atom is -0.444 e. The van der Waals surface area contributed by atoms with Crippen LogP contribution in [0.15, 0.2) is 51.2 Å². The Morgan fingerprint density at radius 2 is 1.74 bits per heavy atom. The number of aromatic nitrogens is 1. The first-order valence-electron chi connectivity index (χ1n) is 8.33. The Morgan fingerprint density at radius 3 is 2.41 bits per heavy atom. The molecule has 8 nitrogen and oxygen atoms in total. The van der Waals surface area contributed by atoms with Crippen LogP contribution in [0.2, 0.25) is 0 Å². The molecule has 0 radical (unpaired) electrons. The highest BCUT2D eigenvalue weighted by atomic mass is 32.1. The van der Waals surface area contributed by atoms with Gasteiger partial charge in [-0.1, -0.05) is 18.2 Å². The van der Waals surface area contributed by atoms with Crippen molar-refractivity contribution in [2.24, 2.45) is 10.2 Å². The first kappa shape index (κ1) is 20.5. The van der Waals surface area contributed by atoms with E-state index in [-0.39, 0.29) is 0 Å². The van der Waals surface area contributed by atoms with Crippen molar-refractivity contribution in [3.63, 3.8) is 0 Å². The van der Waals surface area contributed by atoms with Crippen molar-refractivity contribution in [2.75, 3.05) is 13.1 Å². The predicted molar refractivity (Wildman–Crippen MR) is 116 cm³/mol. The fourth-order valence-electron chi connectivity index (χ4n) is 1.92. The van der Waals surface area contributed by atoms with E-state index in [1.807, 2.05) is 44.2 Å². The van der Waals surface area contributed by atoms with Crippen molar-refractivity contribution < 1.29 is 4.42 Å². The molecule has 0 amide bonds. The Balaban J connectivity index is 2.19. The second-order valence-corrected chi connectivity index (χ2v) is 5.92. The van der Waals surface area contributed by atoms with Crippen molar-refractivity contribution in [3.8, 4) is 11.5 Å². The third kappa shape index (κ3) is 6.76. The lowest BCUT2D eigenvalue weighted by molar-refractivity contribution is 0.574. The summed E-state index contributed by atoms with van der Waals surface area (Å²) in [6.07, 6.45) is 2.99. The number of thiocarbonyl (C=S) groups is 2. The van der Waals surface area contributed by atoms with Gasteiger partial charge in [0.1, 0.15) is 17.7 Å². The SMILES string of the molecule is CCNC(=S)N/N=C\C(=N\NC(=S)NCC)c1coc(-c2ccccc2)n1. The highest BCUT2D eigenvalue weighted by Gasteiger charge is 2.11. The lowest BCUT2D eigenvalue weighted by Gasteiger charge is -2.05. The van der Waals surface area contributed by atoms with Gasteiger partial charge in [0.15, 0.2) is 10.2 Å². The van der Waals surface area contributed by atoms with Gasteiger partial charge in [-0.05, 0) is 50.4 Å². The van der Waals surface area contributed by atoms with Crippen LogP contribution in [0.4, 0.5) is 0 Å². The van der Waals surface area contributed by atoms with Crippen LogP contribution in [0.1, 0.15) is 19.5 Å². The molecular weight excluding hydrogens is 382 g/mol. The van der Waals surface area contributed by atoms with E-state index in [4.69, 9.17) is 28.9 Å². The zero-order chi connectivity index (χ0) is 19.5. The van der Waals surface area contributed by atoms with Crippen LogP contribution in [0.3, 0.4) is 0 Å². The van der Waals surface area contributed by atoms with Gasteiger partial charge < -0.3 is 15.1 Å². The van der Waals surface area contributed by atoms with Gasteiger partial charge in [-0.25, -0.2) is 4.98 Å². The standard InChI is InChI=1S/C17H21N7OS2/c1-3-18-16(26)23-20-10-13(22-24-17(27)19-4-2)14-11-25-15(21-14)12-8-6-5-7-9-12/h5-11H,3-4H2,1-2H3,(H2,18,23,26)(H2,19,24,27)/b20-10-,22-13-. The molecule has 1 aromatic heterocycles. The van der Waals surface area contributed by atoms with Crippen molar-refractivity contribution in [3.05, 3.63) is 42.3 Å². The molecule has 0 atom stereocenters. The molecule has 0 bridgehead atoms. The Kier molecular flexibility index (Phi) is 8.33. The number of hydrogen-bond donors (Lipinski definition) is 4. The number of hydrazone groups is 2. The van der Waals surface area contributed by atoms with Gasteiger partial charge >= 0.3 is 0 Å². The highest BCUT2D eigenvalue weighted by Crippen LogP contribution is 2.18. The summed E-state index contributed by atoms with van der Waals surface area (Å²) in [6, 6.07) is 9.58. The molecule has 0 aliphatic rings. The number of nitrogens with zero attached hydrogens (tertiary/aromatic N) is 3. The van der Waals surface area contributed by atoms with Gasteiger partial charge in [0.25, 0.3) is 0 Å². The van der Waals surface area contributed by atoms with Crippen molar-refractivity contribution in [2.45, 2.75) is 13.8 Å². The maximum absolute atomic E-state index is 5.56. The van der Waals surface area contributed by atoms with Gasteiger partial charge in [-0.15, -0.1) is 0 Å². The second-order valence-electron chi connectivity index (χ2n) is 5.10. The van der Waals surface area contributed by atoms with E-state index in [2.05, 4.69) is 36.7 Å². The maximum Gasteiger partial charge on any atom is 0.226 e. The Morgan fingerprint density at radius 1 is 1.07 bits per heavy atom. The summed E-state index contributed by atoms with van der Waals surface area (Å²) < 4.78 is 5.56. The molecule has 0 unspecified atom stereocenters. The lowest BCUT2D eigenvalue weighted by Crippen LogP contribution is -2.33. The molecule has 0 spiro atoms. The molecule has 2 rings (SSSR count). The zero-order valence-electron chi connectivity index (χ0n) is 15.0. The molecule has 10 heteroatoms. The quantitative estimate of drug-likeness (QED) is 0.317. The summed E-state index contributed by atoms with van der Waals surface area (Å²) in [5, 5.41) is 15.0. The summed E-state index contributed by atoms with van der Waals surface area (Å²) in [7, 11) is 0. The molecule has 0 aliphatic heterocycles. The van der Waals surface area contributed by atoms with Crippen molar-refractivity contribution in [1.29, 1.82) is 0 Å². The normalized spacial score (nSPS) is 11.3. The van der Waals surface area contributed by atoms with Gasteiger partial charge in [-0.2, -0.15) is 10.2 Å². The van der Waals surface area contributed by atoms with Gasteiger partial charge in [0.2, 0.25) is 5.89 Å². The monoisotopic (exact) mass is 403 g/mol. The average Bonchev–Trinajstić information content (AvgIpc) is 3.15. The smallest absolute Gasteiger partial charge is 0.226 e.